The van der Waals surface area contributed by atoms with E-state index in [1.165, 1.54) is 0 Å². The van der Waals surface area contributed by atoms with Gasteiger partial charge in [0.05, 0.1) is 13.2 Å². The highest BCUT2D eigenvalue weighted by atomic mass is 32.1. The van der Waals surface area contributed by atoms with Crippen LogP contribution in [0.15, 0.2) is 48.5 Å². The van der Waals surface area contributed by atoms with Crippen LogP contribution in [0.5, 0.6) is 11.5 Å². The summed E-state index contributed by atoms with van der Waals surface area (Å²) in [5.41, 5.74) is 1.30. The Morgan fingerprint density at radius 1 is 0.966 bits per heavy atom. The first-order valence-electron chi connectivity index (χ1n) is 10.1. The van der Waals surface area contributed by atoms with Crippen LogP contribution in [0.4, 0.5) is 5.69 Å². The van der Waals surface area contributed by atoms with Crippen molar-refractivity contribution in [2.75, 3.05) is 18.5 Å². The molecule has 0 bridgehead atoms. The van der Waals surface area contributed by atoms with Gasteiger partial charge in [-0.25, -0.2) is 0 Å². The lowest BCUT2D eigenvalue weighted by molar-refractivity contribution is 0.0977. The molecular weight excluding hydrogens is 384 g/mol. The number of carbonyl (C=O) groups excluding carboxylic acids is 1. The molecule has 2 rings (SSSR count). The van der Waals surface area contributed by atoms with Gasteiger partial charge in [-0.3, -0.25) is 10.1 Å². The summed E-state index contributed by atoms with van der Waals surface area (Å²) in [5, 5.41) is 5.94. The summed E-state index contributed by atoms with van der Waals surface area (Å²) >= 11 is 5.24. The Morgan fingerprint density at radius 2 is 1.55 bits per heavy atom. The van der Waals surface area contributed by atoms with Crippen molar-refractivity contribution >= 4 is 28.9 Å². The van der Waals surface area contributed by atoms with Crippen LogP contribution in [0.1, 0.15) is 50.4 Å². The van der Waals surface area contributed by atoms with Gasteiger partial charge in [0.15, 0.2) is 5.11 Å². The smallest absolute Gasteiger partial charge is 0.257 e. The first-order chi connectivity index (χ1) is 14.0. The number of hydrogen-bond donors (Lipinski definition) is 2. The van der Waals surface area contributed by atoms with Crippen molar-refractivity contribution in [2.45, 2.75) is 40.0 Å². The molecule has 0 aliphatic heterocycles. The quantitative estimate of drug-likeness (QED) is 0.402. The van der Waals surface area contributed by atoms with Gasteiger partial charge in [0, 0.05) is 11.3 Å². The predicted octanol–water partition coefficient (Wildman–Crippen LogP) is 5.42. The van der Waals surface area contributed by atoms with Gasteiger partial charge in [-0.2, -0.15) is 0 Å². The number of hydrogen-bond acceptors (Lipinski definition) is 4. The lowest BCUT2D eigenvalue weighted by Gasteiger charge is -2.11. The Bertz CT molecular complexity index is 774. The molecule has 5 nitrogen and oxygen atoms in total. The average Bonchev–Trinajstić information content (AvgIpc) is 2.69. The highest BCUT2D eigenvalue weighted by molar-refractivity contribution is 7.80. The molecular formula is C23H30N2O3S. The molecule has 0 heterocycles. The summed E-state index contributed by atoms with van der Waals surface area (Å²) in [6, 6.07) is 14.5. The van der Waals surface area contributed by atoms with E-state index in [0.29, 0.717) is 24.7 Å². The van der Waals surface area contributed by atoms with E-state index in [1.54, 1.807) is 24.3 Å². The maximum atomic E-state index is 12.4. The number of benzene rings is 2. The van der Waals surface area contributed by atoms with Gasteiger partial charge >= 0.3 is 0 Å². The number of ether oxygens (including phenoxy) is 2. The minimum Gasteiger partial charge on any atom is -0.494 e. The van der Waals surface area contributed by atoms with Crippen LogP contribution in [-0.4, -0.2) is 24.2 Å². The second-order valence-corrected chi connectivity index (χ2v) is 7.60. The highest BCUT2D eigenvalue weighted by Crippen LogP contribution is 2.16. The Hall–Kier alpha value is -2.60. The molecule has 2 aromatic carbocycles. The second-order valence-electron chi connectivity index (χ2n) is 7.19. The fraction of sp³-hybridized carbons (Fsp3) is 0.391. The monoisotopic (exact) mass is 414 g/mol. The van der Waals surface area contributed by atoms with Crippen LogP contribution in [-0.2, 0) is 0 Å². The van der Waals surface area contributed by atoms with E-state index in [1.807, 2.05) is 24.3 Å². The molecule has 0 saturated carbocycles. The van der Waals surface area contributed by atoms with Crippen LogP contribution in [0.2, 0.25) is 0 Å². The Labute approximate surface area is 178 Å². The Morgan fingerprint density at radius 3 is 2.14 bits per heavy atom. The zero-order valence-electron chi connectivity index (χ0n) is 17.4. The zero-order valence-corrected chi connectivity index (χ0v) is 18.2. The van der Waals surface area contributed by atoms with E-state index in [4.69, 9.17) is 21.7 Å². The minimum atomic E-state index is -0.268. The number of carbonyl (C=O) groups is 1. The lowest BCUT2D eigenvalue weighted by Crippen LogP contribution is -2.34. The maximum Gasteiger partial charge on any atom is 0.257 e. The van der Waals surface area contributed by atoms with Crippen molar-refractivity contribution in [3.05, 3.63) is 54.1 Å². The molecule has 0 fully saturated rings. The van der Waals surface area contributed by atoms with E-state index in [2.05, 4.69) is 31.4 Å². The molecule has 156 valence electrons. The summed E-state index contributed by atoms with van der Waals surface area (Å²) in [6.45, 7) is 7.81. The topological polar surface area (TPSA) is 59.6 Å². The van der Waals surface area contributed by atoms with Gasteiger partial charge in [-0.1, -0.05) is 27.2 Å². The first kappa shape index (κ1) is 22.7. The third-order valence-electron chi connectivity index (χ3n) is 4.19. The Kier molecular flexibility index (Phi) is 9.44. The second kappa shape index (κ2) is 12.1. The molecule has 1 amide bonds. The summed E-state index contributed by atoms with van der Waals surface area (Å²) in [4.78, 5) is 12.4. The number of unbranched alkanes of at least 4 members (excludes halogenated alkanes) is 1. The van der Waals surface area contributed by atoms with Crippen LogP contribution in [0.3, 0.4) is 0 Å². The standard InChI is InChI=1S/C23H30N2O3S/c1-4-5-15-27-21-12-8-19(9-13-21)24-23(29)25-22(26)18-6-10-20(11-7-18)28-16-14-17(2)3/h6-13,17H,4-5,14-16H2,1-3H3,(H2,24,25,26,29). The fourth-order valence-corrected chi connectivity index (χ4v) is 2.63. The fourth-order valence-electron chi connectivity index (χ4n) is 2.42. The summed E-state index contributed by atoms with van der Waals surface area (Å²) in [6.07, 6.45) is 3.12. The molecule has 0 aliphatic carbocycles. The molecule has 2 aromatic rings. The normalized spacial score (nSPS) is 10.5. The molecule has 0 radical (unpaired) electrons. The van der Waals surface area contributed by atoms with Gasteiger partial charge in [-0.15, -0.1) is 0 Å². The molecule has 6 heteroatoms. The van der Waals surface area contributed by atoms with Crippen molar-refractivity contribution in [1.29, 1.82) is 0 Å². The first-order valence-corrected chi connectivity index (χ1v) is 10.5. The largest absolute Gasteiger partial charge is 0.494 e. The number of anilines is 1. The SMILES string of the molecule is CCCCOc1ccc(NC(=S)NC(=O)c2ccc(OCCC(C)C)cc2)cc1. The van der Waals surface area contributed by atoms with Crippen molar-refractivity contribution in [3.63, 3.8) is 0 Å². The molecule has 0 unspecified atom stereocenters. The number of thiocarbonyl (C=S) groups is 1. The number of amides is 1. The number of nitrogens with one attached hydrogen (secondary N) is 2. The predicted molar refractivity (Wildman–Crippen MR) is 122 cm³/mol. The third kappa shape index (κ3) is 8.52. The van der Waals surface area contributed by atoms with Gasteiger partial charge in [0.25, 0.3) is 5.91 Å². The summed E-state index contributed by atoms with van der Waals surface area (Å²) < 4.78 is 11.3. The van der Waals surface area contributed by atoms with Crippen LogP contribution < -0.4 is 20.1 Å². The molecule has 0 atom stereocenters. The van der Waals surface area contributed by atoms with E-state index in [-0.39, 0.29) is 11.0 Å². The van der Waals surface area contributed by atoms with Crippen molar-refractivity contribution in [3.8, 4) is 11.5 Å². The van der Waals surface area contributed by atoms with Crippen molar-refractivity contribution < 1.29 is 14.3 Å². The van der Waals surface area contributed by atoms with E-state index < -0.39 is 0 Å². The Balaban J connectivity index is 1.80. The van der Waals surface area contributed by atoms with Gasteiger partial charge in [0.1, 0.15) is 11.5 Å². The van der Waals surface area contributed by atoms with Crippen LogP contribution in [0.25, 0.3) is 0 Å². The van der Waals surface area contributed by atoms with E-state index >= 15 is 0 Å². The molecule has 0 saturated heterocycles. The maximum absolute atomic E-state index is 12.4. The van der Waals surface area contributed by atoms with Crippen molar-refractivity contribution in [2.24, 2.45) is 5.92 Å². The molecule has 0 aliphatic rings. The van der Waals surface area contributed by atoms with Gasteiger partial charge < -0.3 is 14.8 Å². The van der Waals surface area contributed by atoms with Crippen LogP contribution >= 0.6 is 12.2 Å². The molecule has 0 aromatic heterocycles. The van der Waals surface area contributed by atoms with Crippen molar-refractivity contribution in [1.82, 2.24) is 5.32 Å². The average molecular weight is 415 g/mol. The molecule has 29 heavy (non-hydrogen) atoms. The van der Waals surface area contributed by atoms with E-state index in [0.717, 1.165) is 36.4 Å². The number of rotatable bonds is 10. The summed E-state index contributed by atoms with van der Waals surface area (Å²) in [7, 11) is 0. The highest BCUT2D eigenvalue weighted by Gasteiger charge is 2.08. The lowest BCUT2D eigenvalue weighted by atomic mass is 10.1. The minimum absolute atomic E-state index is 0.243. The molecule has 2 N–H and O–H groups in total. The van der Waals surface area contributed by atoms with E-state index in [9.17, 15) is 4.79 Å². The third-order valence-corrected chi connectivity index (χ3v) is 4.39. The van der Waals surface area contributed by atoms with Crippen LogP contribution in [0, 0.1) is 5.92 Å². The zero-order chi connectivity index (χ0) is 21.1. The van der Waals surface area contributed by atoms with Gasteiger partial charge in [-0.05, 0) is 79.5 Å². The van der Waals surface area contributed by atoms with Gasteiger partial charge in [0.2, 0.25) is 0 Å². The summed E-state index contributed by atoms with van der Waals surface area (Å²) in [5.74, 6) is 1.90. The molecule has 0 spiro atoms.